The molecule has 0 fully saturated rings. The lowest BCUT2D eigenvalue weighted by Crippen LogP contribution is -1.93. The number of hydrogen-bond acceptors (Lipinski definition) is 2. The van der Waals surface area contributed by atoms with Crippen LogP contribution in [-0.2, 0) is 0 Å². The van der Waals surface area contributed by atoms with E-state index in [0.717, 1.165) is 11.4 Å². The molecule has 2 heteroatoms. The molecule has 2 N–H and O–H groups in total. The fourth-order valence-electron chi connectivity index (χ4n) is 2.97. The van der Waals surface area contributed by atoms with E-state index >= 15 is 0 Å². The summed E-state index contributed by atoms with van der Waals surface area (Å²) in [7, 11) is 0. The molecule has 0 spiro atoms. The van der Waals surface area contributed by atoms with Crippen molar-refractivity contribution in [2.45, 2.75) is 0 Å². The van der Waals surface area contributed by atoms with E-state index in [1.54, 1.807) is 0 Å². The van der Waals surface area contributed by atoms with Crippen LogP contribution < -0.4 is 10.6 Å². The van der Waals surface area contributed by atoms with Gasteiger partial charge in [-0.3, -0.25) is 0 Å². The molecule has 0 atom stereocenters. The molecule has 116 valence electrons. The fraction of sp³-hybridized carbons (Fsp3) is 0. The summed E-state index contributed by atoms with van der Waals surface area (Å²) in [5.41, 5.74) is 2.20. The lowest BCUT2D eigenvalue weighted by molar-refractivity contribution is 1.56. The van der Waals surface area contributed by atoms with Gasteiger partial charge < -0.3 is 10.6 Å². The molecule has 24 heavy (non-hydrogen) atoms. The predicted octanol–water partition coefficient (Wildman–Crippen LogP) is 5.99. The first kappa shape index (κ1) is 14.3. The monoisotopic (exact) mass is 310 g/mol. The molecule has 2 nitrogen and oxygen atoms in total. The summed E-state index contributed by atoms with van der Waals surface area (Å²) in [6, 6.07) is 29.3. The molecule has 0 saturated carbocycles. The molecule has 0 aliphatic rings. The second kappa shape index (κ2) is 6.47. The van der Waals surface area contributed by atoms with Crippen molar-refractivity contribution in [1.29, 1.82) is 0 Å². The third-order valence-electron chi connectivity index (χ3n) is 4.14. The standard InChI is InChI=1S/C22H18N2/c1-3-11-19-17(7-1)9-5-13-21(19)23-15-16-24-22-14-6-10-18-8-2-4-12-20(18)22/h1-16,23-24H. The van der Waals surface area contributed by atoms with Crippen molar-refractivity contribution in [3.63, 3.8) is 0 Å². The molecule has 0 radical (unpaired) electrons. The number of rotatable bonds is 4. The maximum absolute atomic E-state index is 3.36. The Hall–Kier alpha value is -3.26. The molecule has 0 aromatic heterocycles. The van der Waals surface area contributed by atoms with Gasteiger partial charge in [0.25, 0.3) is 0 Å². The highest BCUT2D eigenvalue weighted by Gasteiger charge is 1.98. The highest BCUT2D eigenvalue weighted by molar-refractivity contribution is 5.95. The Balaban J connectivity index is 1.53. The SMILES string of the molecule is C(=CNc1cccc2ccccc12)Nc1cccc2ccccc12. The predicted molar refractivity (Wildman–Crippen MR) is 104 cm³/mol. The largest absolute Gasteiger partial charge is 0.360 e. The summed E-state index contributed by atoms with van der Waals surface area (Å²) >= 11 is 0. The zero-order valence-corrected chi connectivity index (χ0v) is 13.2. The quantitative estimate of drug-likeness (QED) is 0.484. The zero-order chi connectivity index (χ0) is 16.2. The molecule has 4 aromatic rings. The highest BCUT2D eigenvalue weighted by atomic mass is 14.9. The average Bonchev–Trinajstić information content (AvgIpc) is 2.65. The van der Waals surface area contributed by atoms with Crippen molar-refractivity contribution in [3.8, 4) is 0 Å². The maximum Gasteiger partial charge on any atom is 0.0459 e. The van der Waals surface area contributed by atoms with Crippen LogP contribution in [0.4, 0.5) is 11.4 Å². The molecular weight excluding hydrogens is 292 g/mol. The zero-order valence-electron chi connectivity index (χ0n) is 13.2. The van der Waals surface area contributed by atoms with Crippen LogP contribution in [0.25, 0.3) is 21.5 Å². The van der Waals surface area contributed by atoms with E-state index < -0.39 is 0 Å². The van der Waals surface area contributed by atoms with E-state index in [1.807, 2.05) is 12.4 Å². The summed E-state index contributed by atoms with van der Waals surface area (Å²) in [6.45, 7) is 0. The lowest BCUT2D eigenvalue weighted by atomic mass is 10.1. The highest BCUT2D eigenvalue weighted by Crippen LogP contribution is 2.24. The second-order valence-electron chi connectivity index (χ2n) is 5.68. The summed E-state index contributed by atoms with van der Waals surface area (Å²) in [6.07, 6.45) is 3.87. The molecule has 0 unspecified atom stereocenters. The maximum atomic E-state index is 3.36. The number of nitrogens with one attached hydrogen (secondary N) is 2. The van der Waals surface area contributed by atoms with E-state index in [-0.39, 0.29) is 0 Å². The Morgan fingerprint density at radius 2 is 0.875 bits per heavy atom. The molecule has 0 saturated heterocycles. The van der Waals surface area contributed by atoms with Crippen LogP contribution in [0, 0.1) is 0 Å². The molecule has 4 rings (SSSR count). The minimum absolute atomic E-state index is 1.10. The van der Waals surface area contributed by atoms with Gasteiger partial charge in [-0.25, -0.2) is 0 Å². The van der Waals surface area contributed by atoms with E-state index in [1.165, 1.54) is 21.5 Å². The second-order valence-corrected chi connectivity index (χ2v) is 5.68. The van der Waals surface area contributed by atoms with Crippen molar-refractivity contribution in [2.24, 2.45) is 0 Å². The first-order valence-electron chi connectivity index (χ1n) is 8.05. The Bertz CT molecular complexity index is 924. The van der Waals surface area contributed by atoms with Crippen LogP contribution in [0.1, 0.15) is 0 Å². The van der Waals surface area contributed by atoms with E-state index in [9.17, 15) is 0 Å². The summed E-state index contributed by atoms with van der Waals surface area (Å²) in [5, 5.41) is 11.6. The Kier molecular flexibility index (Phi) is 3.86. The van der Waals surface area contributed by atoms with Gasteiger partial charge in [-0.05, 0) is 22.9 Å². The molecule has 0 bridgehead atoms. The number of benzene rings is 4. The van der Waals surface area contributed by atoms with Crippen LogP contribution >= 0.6 is 0 Å². The molecular formula is C22H18N2. The van der Waals surface area contributed by atoms with Crippen molar-refractivity contribution < 1.29 is 0 Å². The molecule has 0 aliphatic heterocycles. The summed E-state index contributed by atoms with van der Waals surface area (Å²) in [5.74, 6) is 0. The topological polar surface area (TPSA) is 24.1 Å². The number of fused-ring (bicyclic) bond motifs is 2. The van der Waals surface area contributed by atoms with Gasteiger partial charge in [-0.1, -0.05) is 72.8 Å². The van der Waals surface area contributed by atoms with Crippen molar-refractivity contribution in [2.75, 3.05) is 10.6 Å². The smallest absolute Gasteiger partial charge is 0.0459 e. The Morgan fingerprint density at radius 3 is 1.38 bits per heavy atom. The van der Waals surface area contributed by atoms with Gasteiger partial charge in [-0.2, -0.15) is 0 Å². The van der Waals surface area contributed by atoms with Gasteiger partial charge in [0, 0.05) is 34.5 Å². The Labute approximate surface area is 141 Å². The van der Waals surface area contributed by atoms with Gasteiger partial charge in [0.2, 0.25) is 0 Å². The minimum Gasteiger partial charge on any atom is -0.360 e. The van der Waals surface area contributed by atoms with Crippen molar-refractivity contribution in [3.05, 3.63) is 97.3 Å². The van der Waals surface area contributed by atoms with Crippen LogP contribution in [0.5, 0.6) is 0 Å². The van der Waals surface area contributed by atoms with Gasteiger partial charge in [0.15, 0.2) is 0 Å². The molecule has 0 aliphatic carbocycles. The van der Waals surface area contributed by atoms with Crippen molar-refractivity contribution >= 4 is 32.9 Å². The van der Waals surface area contributed by atoms with E-state index in [4.69, 9.17) is 0 Å². The fourth-order valence-corrected chi connectivity index (χ4v) is 2.97. The van der Waals surface area contributed by atoms with E-state index in [2.05, 4.69) is 95.6 Å². The first-order chi connectivity index (χ1) is 11.9. The Morgan fingerprint density at radius 1 is 0.458 bits per heavy atom. The third-order valence-corrected chi connectivity index (χ3v) is 4.14. The first-order valence-corrected chi connectivity index (χ1v) is 8.05. The minimum atomic E-state index is 1.10. The third kappa shape index (κ3) is 2.82. The van der Waals surface area contributed by atoms with Gasteiger partial charge in [0.1, 0.15) is 0 Å². The van der Waals surface area contributed by atoms with Gasteiger partial charge in [0.05, 0.1) is 0 Å². The van der Waals surface area contributed by atoms with Crippen molar-refractivity contribution in [1.82, 2.24) is 0 Å². The van der Waals surface area contributed by atoms with Gasteiger partial charge in [-0.15, -0.1) is 0 Å². The lowest BCUT2D eigenvalue weighted by Gasteiger charge is -2.08. The molecule has 0 heterocycles. The van der Waals surface area contributed by atoms with E-state index in [0.29, 0.717) is 0 Å². The van der Waals surface area contributed by atoms with Crippen LogP contribution in [0.15, 0.2) is 97.3 Å². The molecule has 4 aromatic carbocycles. The van der Waals surface area contributed by atoms with Crippen LogP contribution in [-0.4, -0.2) is 0 Å². The number of anilines is 2. The average molecular weight is 310 g/mol. The summed E-state index contributed by atoms with van der Waals surface area (Å²) < 4.78 is 0. The summed E-state index contributed by atoms with van der Waals surface area (Å²) in [4.78, 5) is 0. The van der Waals surface area contributed by atoms with Crippen LogP contribution in [0.3, 0.4) is 0 Å². The molecule has 0 amide bonds. The number of hydrogen-bond donors (Lipinski definition) is 2. The van der Waals surface area contributed by atoms with Crippen LogP contribution in [0.2, 0.25) is 0 Å². The normalized spacial score (nSPS) is 11.2. The van der Waals surface area contributed by atoms with Gasteiger partial charge >= 0.3 is 0 Å².